The highest BCUT2D eigenvalue weighted by Gasteiger charge is 2.24. The highest BCUT2D eigenvalue weighted by molar-refractivity contribution is 6.51. The Morgan fingerprint density at radius 3 is 2.69 bits per heavy atom. The molecule has 0 saturated heterocycles. The minimum Gasteiger partial charge on any atom is -0.423 e. The van der Waals surface area contributed by atoms with Crippen LogP contribution in [0, 0.1) is 18.3 Å². The Balaban J connectivity index is 3.11. The maximum absolute atomic E-state index is 9.09. The largest absolute Gasteiger partial charge is 0.485 e. The number of allylic oxidation sites excluding steroid dienone is 4. The zero-order valence-electron chi connectivity index (χ0n) is 7.91. The van der Waals surface area contributed by atoms with E-state index in [1.54, 1.807) is 0 Å². The van der Waals surface area contributed by atoms with Crippen LogP contribution in [0.5, 0.6) is 0 Å². The third kappa shape index (κ3) is 2.03. The summed E-state index contributed by atoms with van der Waals surface area (Å²) in [5.41, 5.74) is 2.17. The lowest BCUT2D eigenvalue weighted by atomic mass is 9.68. The molecule has 0 radical (unpaired) electrons. The van der Waals surface area contributed by atoms with Crippen molar-refractivity contribution >= 4 is 7.12 Å². The van der Waals surface area contributed by atoms with Gasteiger partial charge in [-0.1, -0.05) is 18.9 Å². The number of hydrogen-bond donors (Lipinski definition) is 2. The van der Waals surface area contributed by atoms with E-state index < -0.39 is 7.12 Å². The number of rotatable bonds is 1. The molecule has 68 valence electrons. The smallest absolute Gasteiger partial charge is 0.423 e. The molecule has 0 spiro atoms. The van der Waals surface area contributed by atoms with Crippen molar-refractivity contribution in [1.29, 1.82) is 0 Å². The summed E-state index contributed by atoms with van der Waals surface area (Å²) in [6, 6.07) is 0. The minimum absolute atomic E-state index is 0.328. The summed E-state index contributed by atoms with van der Waals surface area (Å²) >= 11 is 0. The molecule has 1 aliphatic rings. The Labute approximate surface area is 79.1 Å². The van der Waals surface area contributed by atoms with Crippen molar-refractivity contribution in [2.75, 3.05) is 0 Å². The van der Waals surface area contributed by atoms with Gasteiger partial charge in [0.15, 0.2) is 0 Å². The third-order valence-corrected chi connectivity index (χ3v) is 2.25. The van der Waals surface area contributed by atoms with Crippen molar-refractivity contribution < 1.29 is 10.0 Å². The molecule has 0 aromatic rings. The molecule has 1 rings (SSSR count). The normalized spacial score (nSPS) is 22.4. The van der Waals surface area contributed by atoms with Gasteiger partial charge in [-0.25, -0.2) is 0 Å². The Morgan fingerprint density at radius 2 is 2.23 bits per heavy atom. The van der Waals surface area contributed by atoms with Crippen LogP contribution in [0.15, 0.2) is 22.7 Å². The van der Waals surface area contributed by atoms with Gasteiger partial charge in [-0.05, 0) is 30.3 Å². The van der Waals surface area contributed by atoms with Crippen molar-refractivity contribution in [3.63, 3.8) is 0 Å². The fourth-order valence-corrected chi connectivity index (χ4v) is 1.71. The summed E-state index contributed by atoms with van der Waals surface area (Å²) < 4.78 is 0. The number of terminal acetylenes is 1. The standard InChI is InChI=1S/C10H13BO2/c1-4-9-8(3)5-7(2)6-10(9)11(12)13/h1,5,7,12-13H,6H2,2-3H3. The van der Waals surface area contributed by atoms with Crippen molar-refractivity contribution in [2.24, 2.45) is 5.92 Å². The van der Waals surface area contributed by atoms with E-state index in [0.717, 1.165) is 5.57 Å². The SMILES string of the molecule is C#CC1=C(B(O)O)CC(C)C=C1C. The Morgan fingerprint density at radius 1 is 1.62 bits per heavy atom. The molecule has 0 aliphatic heterocycles. The second-order valence-electron chi connectivity index (χ2n) is 3.45. The second kappa shape index (κ2) is 3.82. The predicted molar refractivity (Wildman–Crippen MR) is 53.6 cm³/mol. The van der Waals surface area contributed by atoms with E-state index in [2.05, 4.69) is 12.0 Å². The molecule has 1 aliphatic carbocycles. The van der Waals surface area contributed by atoms with E-state index in [1.807, 2.05) is 13.8 Å². The highest BCUT2D eigenvalue weighted by Crippen LogP contribution is 2.28. The van der Waals surface area contributed by atoms with Gasteiger partial charge in [0.05, 0.1) is 0 Å². The molecule has 1 unspecified atom stereocenters. The minimum atomic E-state index is -1.42. The quantitative estimate of drug-likeness (QED) is 0.460. The van der Waals surface area contributed by atoms with Crippen LogP contribution in [0.4, 0.5) is 0 Å². The maximum atomic E-state index is 9.09. The molecule has 0 saturated carbocycles. The van der Waals surface area contributed by atoms with Gasteiger partial charge in [-0.3, -0.25) is 0 Å². The van der Waals surface area contributed by atoms with E-state index in [4.69, 9.17) is 16.5 Å². The number of hydrogen-bond acceptors (Lipinski definition) is 2. The zero-order valence-corrected chi connectivity index (χ0v) is 7.91. The first kappa shape index (κ1) is 10.1. The van der Waals surface area contributed by atoms with Gasteiger partial charge >= 0.3 is 7.12 Å². The molecule has 0 aromatic carbocycles. The van der Waals surface area contributed by atoms with Crippen molar-refractivity contribution in [1.82, 2.24) is 0 Å². The van der Waals surface area contributed by atoms with Crippen molar-refractivity contribution in [3.05, 3.63) is 22.7 Å². The summed E-state index contributed by atoms with van der Waals surface area (Å²) in [6.45, 7) is 3.92. The van der Waals surface area contributed by atoms with Gasteiger partial charge in [0.1, 0.15) is 0 Å². The van der Waals surface area contributed by atoms with E-state index in [-0.39, 0.29) is 0 Å². The molecule has 2 nitrogen and oxygen atoms in total. The van der Waals surface area contributed by atoms with Gasteiger partial charge in [-0.15, -0.1) is 6.42 Å². The summed E-state index contributed by atoms with van der Waals surface area (Å²) in [7, 11) is -1.42. The molecular formula is C10H13BO2. The van der Waals surface area contributed by atoms with Crippen LogP contribution >= 0.6 is 0 Å². The summed E-state index contributed by atoms with van der Waals surface area (Å²) in [6.07, 6.45) is 7.99. The van der Waals surface area contributed by atoms with Crippen LogP contribution in [-0.4, -0.2) is 17.2 Å². The molecule has 1 atom stereocenters. The van der Waals surface area contributed by atoms with E-state index in [1.165, 1.54) is 0 Å². The first-order valence-electron chi connectivity index (χ1n) is 4.30. The summed E-state index contributed by atoms with van der Waals surface area (Å²) in [5, 5.41) is 18.2. The molecule has 2 N–H and O–H groups in total. The Bertz CT molecular complexity index is 307. The van der Waals surface area contributed by atoms with Gasteiger partial charge < -0.3 is 10.0 Å². The lowest BCUT2D eigenvalue weighted by molar-refractivity contribution is 0.413. The van der Waals surface area contributed by atoms with Crippen LogP contribution in [0.25, 0.3) is 0 Å². The highest BCUT2D eigenvalue weighted by atomic mass is 16.4. The molecule has 0 fully saturated rings. The van der Waals surface area contributed by atoms with Gasteiger partial charge in [0.25, 0.3) is 0 Å². The van der Waals surface area contributed by atoms with Crippen LogP contribution < -0.4 is 0 Å². The first-order valence-corrected chi connectivity index (χ1v) is 4.30. The molecule has 13 heavy (non-hydrogen) atoms. The molecule has 3 heteroatoms. The van der Waals surface area contributed by atoms with E-state index >= 15 is 0 Å². The van der Waals surface area contributed by atoms with Gasteiger partial charge in [0, 0.05) is 5.57 Å². The molecular weight excluding hydrogens is 163 g/mol. The van der Waals surface area contributed by atoms with E-state index in [0.29, 0.717) is 23.4 Å². The maximum Gasteiger partial charge on any atom is 0.485 e. The van der Waals surface area contributed by atoms with Crippen LogP contribution in [0.1, 0.15) is 20.3 Å². The fraction of sp³-hybridized carbons (Fsp3) is 0.400. The lowest BCUT2D eigenvalue weighted by Gasteiger charge is -2.20. The Hall–Kier alpha value is -0.975. The molecule has 0 amide bonds. The third-order valence-electron chi connectivity index (χ3n) is 2.25. The molecule has 0 bridgehead atoms. The molecule has 0 heterocycles. The summed E-state index contributed by atoms with van der Waals surface area (Å²) in [4.78, 5) is 0. The van der Waals surface area contributed by atoms with Crippen LogP contribution in [-0.2, 0) is 0 Å². The second-order valence-corrected chi connectivity index (χ2v) is 3.45. The van der Waals surface area contributed by atoms with Crippen LogP contribution in [0.2, 0.25) is 0 Å². The van der Waals surface area contributed by atoms with Crippen LogP contribution in [0.3, 0.4) is 0 Å². The topological polar surface area (TPSA) is 40.5 Å². The van der Waals surface area contributed by atoms with E-state index in [9.17, 15) is 0 Å². The van der Waals surface area contributed by atoms with Crippen molar-refractivity contribution in [3.8, 4) is 12.3 Å². The monoisotopic (exact) mass is 176 g/mol. The lowest BCUT2D eigenvalue weighted by Crippen LogP contribution is -2.21. The predicted octanol–water partition coefficient (Wildman–Crippen LogP) is 0.914. The average molecular weight is 176 g/mol. The van der Waals surface area contributed by atoms with Gasteiger partial charge in [-0.2, -0.15) is 0 Å². The summed E-state index contributed by atoms with van der Waals surface area (Å²) in [5.74, 6) is 2.82. The average Bonchev–Trinajstić information content (AvgIpc) is 2.02. The first-order chi connectivity index (χ1) is 6.06. The van der Waals surface area contributed by atoms with Gasteiger partial charge in [0.2, 0.25) is 0 Å². The Kier molecular flexibility index (Phi) is 2.97. The zero-order chi connectivity index (χ0) is 10.0. The fourth-order valence-electron chi connectivity index (χ4n) is 1.71. The van der Waals surface area contributed by atoms with Crippen molar-refractivity contribution in [2.45, 2.75) is 20.3 Å². The molecule has 0 aromatic heterocycles.